The SMILES string of the molecule is CCC(O)C1CCCCN1S(=O)(=O)c1c(F)cc(C#N)cc1F. The number of hydrogen-bond donors (Lipinski definition) is 1. The summed E-state index contributed by atoms with van der Waals surface area (Å²) in [6.07, 6.45) is 1.19. The molecular formula is C15H18F2N2O3S. The monoisotopic (exact) mass is 344 g/mol. The number of piperidine rings is 1. The van der Waals surface area contributed by atoms with Gasteiger partial charge in [0.15, 0.2) is 4.90 Å². The van der Waals surface area contributed by atoms with Gasteiger partial charge in [-0.3, -0.25) is 0 Å². The van der Waals surface area contributed by atoms with Crippen molar-refractivity contribution in [2.75, 3.05) is 6.54 Å². The average Bonchev–Trinajstić information content (AvgIpc) is 2.53. The molecule has 1 heterocycles. The Morgan fingerprint density at radius 3 is 2.52 bits per heavy atom. The number of rotatable bonds is 4. The van der Waals surface area contributed by atoms with Crippen molar-refractivity contribution < 1.29 is 22.3 Å². The highest BCUT2D eigenvalue weighted by molar-refractivity contribution is 7.89. The molecule has 1 fully saturated rings. The first-order valence-electron chi connectivity index (χ1n) is 7.42. The molecule has 2 unspecified atom stereocenters. The van der Waals surface area contributed by atoms with Gasteiger partial charge in [-0.1, -0.05) is 13.3 Å². The van der Waals surface area contributed by atoms with Crippen LogP contribution in [0.15, 0.2) is 17.0 Å². The van der Waals surface area contributed by atoms with Gasteiger partial charge in [0.2, 0.25) is 10.0 Å². The minimum atomic E-state index is -4.44. The number of halogens is 2. The zero-order valence-electron chi connectivity index (χ0n) is 12.7. The molecule has 5 nitrogen and oxygen atoms in total. The molecule has 0 saturated carbocycles. The Balaban J connectivity index is 2.51. The van der Waals surface area contributed by atoms with Gasteiger partial charge in [-0.05, 0) is 31.4 Å². The number of aliphatic hydroxyl groups excluding tert-OH is 1. The number of nitrogens with zero attached hydrogens (tertiary/aromatic N) is 2. The first-order chi connectivity index (χ1) is 10.8. The molecule has 1 aliphatic heterocycles. The number of sulfonamides is 1. The minimum absolute atomic E-state index is 0.100. The maximum absolute atomic E-state index is 14.1. The zero-order valence-corrected chi connectivity index (χ0v) is 13.5. The summed E-state index contributed by atoms with van der Waals surface area (Å²) in [7, 11) is -4.44. The third-order valence-corrected chi connectivity index (χ3v) is 6.03. The van der Waals surface area contributed by atoms with Crippen LogP contribution in [0, 0.1) is 23.0 Å². The van der Waals surface area contributed by atoms with Gasteiger partial charge in [0, 0.05) is 6.54 Å². The fourth-order valence-electron chi connectivity index (χ4n) is 2.87. The molecule has 2 rings (SSSR count). The van der Waals surface area contributed by atoms with Crippen molar-refractivity contribution in [1.82, 2.24) is 4.31 Å². The Hall–Kier alpha value is -1.56. The zero-order chi connectivity index (χ0) is 17.2. The Morgan fingerprint density at radius 1 is 1.39 bits per heavy atom. The fraction of sp³-hybridized carbons (Fsp3) is 0.533. The van der Waals surface area contributed by atoms with Gasteiger partial charge in [-0.15, -0.1) is 0 Å². The molecule has 0 bridgehead atoms. The summed E-state index contributed by atoms with van der Waals surface area (Å²) in [5.41, 5.74) is -0.289. The molecule has 0 radical (unpaired) electrons. The number of hydrogen-bond acceptors (Lipinski definition) is 4. The number of aliphatic hydroxyl groups is 1. The van der Waals surface area contributed by atoms with E-state index in [1.165, 1.54) is 0 Å². The van der Waals surface area contributed by atoms with Gasteiger partial charge < -0.3 is 5.11 Å². The second-order valence-electron chi connectivity index (χ2n) is 5.54. The summed E-state index contributed by atoms with van der Waals surface area (Å²) in [4.78, 5) is -1.06. The minimum Gasteiger partial charge on any atom is -0.391 e. The smallest absolute Gasteiger partial charge is 0.249 e. The first kappa shape index (κ1) is 17.8. The molecule has 8 heteroatoms. The molecule has 126 valence electrons. The van der Waals surface area contributed by atoms with Crippen LogP contribution in [0.5, 0.6) is 0 Å². The van der Waals surface area contributed by atoms with Crippen LogP contribution >= 0.6 is 0 Å². The third-order valence-electron chi connectivity index (χ3n) is 4.05. The van der Waals surface area contributed by atoms with Crippen molar-refractivity contribution in [3.8, 4) is 6.07 Å². The van der Waals surface area contributed by atoms with E-state index in [-0.39, 0.29) is 12.1 Å². The predicted molar refractivity (Wildman–Crippen MR) is 78.9 cm³/mol. The van der Waals surface area contributed by atoms with E-state index in [2.05, 4.69) is 0 Å². The Bertz CT molecular complexity index is 708. The van der Waals surface area contributed by atoms with Gasteiger partial charge in [-0.25, -0.2) is 17.2 Å². The standard InChI is InChI=1S/C15H18F2N2O3S/c1-2-14(20)13-5-3-4-6-19(13)23(21,22)15-11(16)7-10(9-18)8-12(15)17/h7-8,13-14,20H,2-6H2,1H3. The summed E-state index contributed by atoms with van der Waals surface area (Å²) in [6, 6.07) is 2.27. The summed E-state index contributed by atoms with van der Waals surface area (Å²) < 4.78 is 54.6. The normalized spacial score (nSPS) is 20.9. The molecule has 1 N–H and O–H groups in total. The van der Waals surface area contributed by atoms with E-state index in [0.29, 0.717) is 31.4 Å². The quantitative estimate of drug-likeness (QED) is 0.907. The Kier molecular flexibility index (Phi) is 5.34. The van der Waals surface area contributed by atoms with Crippen LogP contribution in [-0.4, -0.2) is 36.5 Å². The number of nitriles is 1. The van der Waals surface area contributed by atoms with Gasteiger partial charge in [0.1, 0.15) is 11.6 Å². The predicted octanol–water partition coefficient (Wildman–Crippen LogP) is 2.15. The Morgan fingerprint density at radius 2 is 2.00 bits per heavy atom. The van der Waals surface area contributed by atoms with Crippen LogP contribution in [0.1, 0.15) is 38.2 Å². The second kappa shape index (κ2) is 6.91. The van der Waals surface area contributed by atoms with E-state index < -0.39 is 38.7 Å². The average molecular weight is 344 g/mol. The van der Waals surface area contributed by atoms with Crippen LogP contribution in [0.25, 0.3) is 0 Å². The van der Waals surface area contributed by atoms with Crippen LogP contribution in [-0.2, 0) is 10.0 Å². The van der Waals surface area contributed by atoms with Crippen molar-refractivity contribution >= 4 is 10.0 Å². The summed E-state index contributed by atoms with van der Waals surface area (Å²) in [5.74, 6) is -2.59. The number of benzene rings is 1. The summed E-state index contributed by atoms with van der Waals surface area (Å²) in [5, 5.41) is 18.7. The second-order valence-corrected chi connectivity index (χ2v) is 7.36. The van der Waals surface area contributed by atoms with Crippen molar-refractivity contribution in [2.24, 2.45) is 0 Å². The van der Waals surface area contributed by atoms with E-state index in [9.17, 15) is 22.3 Å². The lowest BCUT2D eigenvalue weighted by Crippen LogP contribution is -2.49. The van der Waals surface area contributed by atoms with Crippen LogP contribution in [0.2, 0.25) is 0 Å². The van der Waals surface area contributed by atoms with E-state index in [0.717, 1.165) is 10.7 Å². The maximum Gasteiger partial charge on any atom is 0.249 e. The van der Waals surface area contributed by atoms with Crippen molar-refractivity contribution in [3.63, 3.8) is 0 Å². The fourth-order valence-corrected chi connectivity index (χ4v) is 4.69. The van der Waals surface area contributed by atoms with Gasteiger partial charge in [0.05, 0.1) is 23.8 Å². The molecule has 1 saturated heterocycles. The first-order valence-corrected chi connectivity index (χ1v) is 8.86. The molecule has 2 atom stereocenters. The maximum atomic E-state index is 14.1. The topological polar surface area (TPSA) is 81.4 Å². The van der Waals surface area contributed by atoms with E-state index in [1.54, 1.807) is 13.0 Å². The highest BCUT2D eigenvalue weighted by Gasteiger charge is 2.39. The molecule has 1 aromatic carbocycles. The van der Waals surface area contributed by atoms with E-state index in [4.69, 9.17) is 5.26 Å². The molecule has 0 aromatic heterocycles. The van der Waals surface area contributed by atoms with Gasteiger partial charge in [0.25, 0.3) is 0 Å². The molecule has 0 spiro atoms. The van der Waals surface area contributed by atoms with E-state index in [1.807, 2.05) is 0 Å². The summed E-state index contributed by atoms with van der Waals surface area (Å²) >= 11 is 0. The largest absolute Gasteiger partial charge is 0.391 e. The van der Waals surface area contributed by atoms with E-state index >= 15 is 0 Å². The lowest BCUT2D eigenvalue weighted by molar-refractivity contribution is 0.0665. The van der Waals surface area contributed by atoms with Crippen LogP contribution in [0.3, 0.4) is 0 Å². The molecule has 23 heavy (non-hydrogen) atoms. The highest BCUT2D eigenvalue weighted by Crippen LogP contribution is 2.31. The Labute approximate surface area is 134 Å². The van der Waals surface area contributed by atoms with Gasteiger partial charge in [-0.2, -0.15) is 9.57 Å². The van der Waals surface area contributed by atoms with Crippen LogP contribution in [0.4, 0.5) is 8.78 Å². The van der Waals surface area contributed by atoms with Crippen LogP contribution < -0.4 is 0 Å². The third kappa shape index (κ3) is 3.37. The highest BCUT2D eigenvalue weighted by atomic mass is 32.2. The molecule has 0 amide bonds. The molecular weight excluding hydrogens is 326 g/mol. The van der Waals surface area contributed by atoms with Crippen molar-refractivity contribution in [3.05, 3.63) is 29.3 Å². The lowest BCUT2D eigenvalue weighted by Gasteiger charge is -2.37. The van der Waals surface area contributed by atoms with Gasteiger partial charge >= 0.3 is 0 Å². The lowest BCUT2D eigenvalue weighted by atomic mass is 9.98. The molecule has 1 aromatic rings. The van der Waals surface area contributed by atoms with Crippen molar-refractivity contribution in [1.29, 1.82) is 5.26 Å². The molecule has 0 aliphatic carbocycles. The summed E-state index contributed by atoms with van der Waals surface area (Å²) in [6.45, 7) is 1.82. The molecule has 1 aliphatic rings. The van der Waals surface area contributed by atoms with Crippen molar-refractivity contribution in [2.45, 2.75) is 49.6 Å².